The van der Waals surface area contributed by atoms with E-state index in [2.05, 4.69) is 0 Å². The number of thiophene rings is 1. The van der Waals surface area contributed by atoms with Gasteiger partial charge in [0, 0.05) is 16.3 Å². The summed E-state index contributed by atoms with van der Waals surface area (Å²) in [5.41, 5.74) is 7.39. The van der Waals surface area contributed by atoms with Gasteiger partial charge in [-0.3, -0.25) is 0 Å². The first-order valence-electron chi connectivity index (χ1n) is 5.95. The third-order valence-corrected chi connectivity index (χ3v) is 3.86. The van der Waals surface area contributed by atoms with Crippen LogP contribution in [0.4, 0.5) is 0 Å². The van der Waals surface area contributed by atoms with Gasteiger partial charge in [0.25, 0.3) is 0 Å². The molecule has 1 aliphatic carbocycles. The van der Waals surface area contributed by atoms with E-state index in [0.29, 0.717) is 0 Å². The van der Waals surface area contributed by atoms with E-state index in [-0.39, 0.29) is 12.0 Å². The van der Waals surface area contributed by atoms with Gasteiger partial charge < -0.3 is 10.5 Å². The quantitative estimate of drug-likeness (QED) is 0.782. The number of carbonyl (C=O) groups is 1. The van der Waals surface area contributed by atoms with Crippen LogP contribution in [-0.2, 0) is 17.6 Å². The van der Waals surface area contributed by atoms with Crippen molar-refractivity contribution in [3.05, 3.63) is 21.4 Å². The lowest BCUT2D eigenvalue weighted by Gasteiger charge is -2.21. The van der Waals surface area contributed by atoms with Crippen molar-refractivity contribution < 1.29 is 9.53 Å². The molecular weight excluding hydrogens is 234 g/mol. The minimum Gasteiger partial charge on any atom is -0.456 e. The summed E-state index contributed by atoms with van der Waals surface area (Å²) >= 11 is 1.63. The highest BCUT2D eigenvalue weighted by atomic mass is 32.1. The van der Waals surface area contributed by atoms with Crippen molar-refractivity contribution in [2.75, 3.05) is 0 Å². The second-order valence-corrected chi connectivity index (χ2v) is 6.52. The van der Waals surface area contributed by atoms with Crippen LogP contribution in [0.2, 0.25) is 0 Å². The fourth-order valence-electron chi connectivity index (χ4n) is 2.04. The predicted molar refractivity (Wildman–Crippen MR) is 69.5 cm³/mol. The fourth-order valence-corrected chi connectivity index (χ4v) is 3.21. The Kier molecular flexibility index (Phi) is 3.27. The lowest BCUT2D eigenvalue weighted by molar-refractivity contribution is 0.00687. The summed E-state index contributed by atoms with van der Waals surface area (Å²) in [6, 6.07) is 0.243. The summed E-state index contributed by atoms with van der Waals surface area (Å²) in [7, 11) is 0. The zero-order valence-corrected chi connectivity index (χ0v) is 11.4. The maximum Gasteiger partial charge on any atom is 0.339 e. The van der Waals surface area contributed by atoms with Crippen molar-refractivity contribution in [3.8, 4) is 0 Å². The van der Waals surface area contributed by atoms with Gasteiger partial charge >= 0.3 is 5.97 Å². The van der Waals surface area contributed by atoms with Crippen molar-refractivity contribution in [3.63, 3.8) is 0 Å². The van der Waals surface area contributed by atoms with Crippen molar-refractivity contribution in [2.24, 2.45) is 5.73 Å². The van der Waals surface area contributed by atoms with Crippen LogP contribution in [0, 0.1) is 0 Å². The molecule has 0 amide bonds. The molecule has 1 aromatic heterocycles. The maximum absolute atomic E-state index is 12.0. The smallest absolute Gasteiger partial charge is 0.339 e. The van der Waals surface area contributed by atoms with E-state index in [1.165, 1.54) is 4.88 Å². The summed E-state index contributed by atoms with van der Waals surface area (Å²) in [5, 5.41) is 1.91. The number of ether oxygens (including phenoxy) is 1. The highest BCUT2D eigenvalue weighted by molar-refractivity contribution is 7.10. The van der Waals surface area contributed by atoms with E-state index in [0.717, 1.165) is 30.4 Å². The average Bonchev–Trinajstić information content (AvgIpc) is 2.57. The van der Waals surface area contributed by atoms with Crippen molar-refractivity contribution >= 4 is 17.3 Å². The molecule has 0 aliphatic heterocycles. The number of rotatable bonds is 1. The molecule has 1 aromatic rings. The third-order valence-electron chi connectivity index (χ3n) is 2.81. The van der Waals surface area contributed by atoms with Crippen LogP contribution in [0.3, 0.4) is 0 Å². The van der Waals surface area contributed by atoms with Gasteiger partial charge in [-0.25, -0.2) is 4.79 Å². The molecule has 2 rings (SSSR count). The summed E-state index contributed by atoms with van der Waals surface area (Å²) in [6.45, 7) is 5.67. The molecule has 0 bridgehead atoms. The Morgan fingerprint density at radius 3 is 2.88 bits per heavy atom. The Morgan fingerprint density at radius 2 is 2.24 bits per heavy atom. The maximum atomic E-state index is 12.0. The van der Waals surface area contributed by atoms with E-state index in [4.69, 9.17) is 10.5 Å². The zero-order chi connectivity index (χ0) is 12.6. The first-order chi connectivity index (χ1) is 7.87. The summed E-state index contributed by atoms with van der Waals surface area (Å²) in [6.07, 6.45) is 2.75. The molecule has 1 heterocycles. The normalized spacial score (nSPS) is 19.9. The topological polar surface area (TPSA) is 52.3 Å². The molecule has 1 aliphatic rings. The molecule has 0 radical (unpaired) electrons. The number of fused-ring (bicyclic) bond motifs is 1. The summed E-state index contributed by atoms with van der Waals surface area (Å²) < 4.78 is 5.41. The number of carbonyl (C=O) groups excluding carboxylic acids is 1. The van der Waals surface area contributed by atoms with Crippen LogP contribution in [0.25, 0.3) is 0 Å². The Balaban J connectivity index is 2.20. The minimum absolute atomic E-state index is 0.203. The van der Waals surface area contributed by atoms with Gasteiger partial charge in [0.05, 0.1) is 5.56 Å². The van der Waals surface area contributed by atoms with Gasteiger partial charge in [-0.15, -0.1) is 11.3 Å². The highest BCUT2D eigenvalue weighted by Gasteiger charge is 2.26. The van der Waals surface area contributed by atoms with Crippen LogP contribution >= 0.6 is 11.3 Å². The molecule has 0 saturated heterocycles. The van der Waals surface area contributed by atoms with Crippen LogP contribution in [-0.4, -0.2) is 17.6 Å². The van der Waals surface area contributed by atoms with Gasteiger partial charge in [0.2, 0.25) is 0 Å². The monoisotopic (exact) mass is 253 g/mol. The van der Waals surface area contributed by atoms with Crippen LogP contribution < -0.4 is 5.73 Å². The summed E-state index contributed by atoms with van der Waals surface area (Å²) in [4.78, 5) is 13.3. The molecule has 0 aromatic carbocycles. The first kappa shape index (κ1) is 12.6. The van der Waals surface area contributed by atoms with E-state index >= 15 is 0 Å². The number of nitrogens with two attached hydrogens (primary N) is 1. The molecule has 2 N–H and O–H groups in total. The Labute approximate surface area is 106 Å². The van der Waals surface area contributed by atoms with E-state index in [1.54, 1.807) is 11.3 Å². The Hall–Kier alpha value is -0.870. The lowest BCUT2D eigenvalue weighted by Crippen LogP contribution is -2.28. The highest BCUT2D eigenvalue weighted by Crippen LogP contribution is 2.31. The van der Waals surface area contributed by atoms with Gasteiger partial charge in [0.1, 0.15) is 5.60 Å². The number of hydrogen-bond acceptors (Lipinski definition) is 4. The summed E-state index contributed by atoms with van der Waals surface area (Å²) in [5.74, 6) is -0.203. The van der Waals surface area contributed by atoms with Crippen LogP contribution in [0.5, 0.6) is 0 Å². The Bertz CT molecular complexity index is 431. The zero-order valence-electron chi connectivity index (χ0n) is 10.6. The van der Waals surface area contributed by atoms with Crippen LogP contribution in [0.1, 0.15) is 48.0 Å². The van der Waals surface area contributed by atoms with Crippen LogP contribution in [0.15, 0.2) is 5.38 Å². The molecular formula is C13H19NO2S. The minimum atomic E-state index is -0.434. The number of esters is 1. The molecule has 17 heavy (non-hydrogen) atoms. The molecule has 0 spiro atoms. The van der Waals surface area contributed by atoms with Gasteiger partial charge in [-0.1, -0.05) is 0 Å². The predicted octanol–water partition coefficient (Wildman–Crippen LogP) is 2.52. The van der Waals surface area contributed by atoms with E-state index in [1.807, 2.05) is 26.2 Å². The van der Waals surface area contributed by atoms with E-state index < -0.39 is 5.60 Å². The molecule has 1 atom stereocenters. The Morgan fingerprint density at radius 1 is 1.53 bits per heavy atom. The van der Waals surface area contributed by atoms with Gasteiger partial charge in [-0.2, -0.15) is 0 Å². The first-order valence-corrected chi connectivity index (χ1v) is 6.83. The fraction of sp³-hybridized carbons (Fsp3) is 0.615. The second-order valence-electron chi connectivity index (χ2n) is 5.56. The molecule has 1 unspecified atom stereocenters. The SMILES string of the molecule is CC(C)(C)OC(=O)c1csc2c1CCC(N)C2. The van der Waals surface area contributed by atoms with Gasteiger partial charge in [-0.05, 0) is 45.6 Å². The second kappa shape index (κ2) is 4.42. The standard InChI is InChI=1S/C13H19NO2S/c1-13(2,3)16-12(15)10-7-17-11-6-8(14)4-5-9(10)11/h7-8H,4-6,14H2,1-3H3. The average molecular weight is 253 g/mol. The van der Waals surface area contributed by atoms with Crippen molar-refractivity contribution in [2.45, 2.75) is 51.7 Å². The molecule has 3 nitrogen and oxygen atoms in total. The molecule has 4 heteroatoms. The van der Waals surface area contributed by atoms with Crippen molar-refractivity contribution in [1.29, 1.82) is 0 Å². The third kappa shape index (κ3) is 2.87. The number of hydrogen-bond donors (Lipinski definition) is 1. The lowest BCUT2D eigenvalue weighted by atomic mass is 9.93. The van der Waals surface area contributed by atoms with Crippen molar-refractivity contribution in [1.82, 2.24) is 0 Å². The van der Waals surface area contributed by atoms with E-state index in [9.17, 15) is 4.79 Å². The largest absolute Gasteiger partial charge is 0.456 e. The molecule has 94 valence electrons. The van der Waals surface area contributed by atoms with Gasteiger partial charge in [0.15, 0.2) is 0 Å². The molecule has 0 fully saturated rings. The molecule has 0 saturated carbocycles.